The standard InChI is InChI=1S/C17H15N5OS2/c1-21(2)15-12-13-14(25-16(12)19-8-18-15)17(23)22(9-20-13)10-4-6-11(24-3)7-5-10/h4-9H,1-3H3. The second kappa shape index (κ2) is 6.12. The van der Waals surface area contributed by atoms with Crippen molar-refractivity contribution >= 4 is 49.3 Å². The number of hydrogen-bond donors (Lipinski definition) is 0. The van der Waals surface area contributed by atoms with Crippen LogP contribution in [0.3, 0.4) is 0 Å². The van der Waals surface area contributed by atoms with Crippen LogP contribution in [0.25, 0.3) is 26.1 Å². The Labute approximate surface area is 152 Å². The van der Waals surface area contributed by atoms with E-state index in [9.17, 15) is 4.79 Å². The zero-order chi connectivity index (χ0) is 17.6. The third-order valence-electron chi connectivity index (χ3n) is 3.93. The monoisotopic (exact) mass is 369 g/mol. The lowest BCUT2D eigenvalue weighted by atomic mass is 10.3. The molecule has 8 heteroatoms. The summed E-state index contributed by atoms with van der Waals surface area (Å²) < 4.78 is 2.17. The maximum Gasteiger partial charge on any atom is 0.275 e. The molecular formula is C17H15N5OS2. The molecule has 1 aromatic carbocycles. The fraction of sp³-hybridized carbons (Fsp3) is 0.176. The highest BCUT2D eigenvalue weighted by atomic mass is 32.2. The summed E-state index contributed by atoms with van der Waals surface area (Å²) in [6.07, 6.45) is 5.12. The van der Waals surface area contributed by atoms with Crippen molar-refractivity contribution in [2.45, 2.75) is 4.90 Å². The van der Waals surface area contributed by atoms with Crippen molar-refractivity contribution in [3.05, 3.63) is 47.3 Å². The van der Waals surface area contributed by atoms with E-state index in [1.807, 2.05) is 49.5 Å². The Balaban J connectivity index is 1.98. The van der Waals surface area contributed by atoms with Crippen molar-refractivity contribution < 1.29 is 0 Å². The molecule has 0 N–H and O–H groups in total. The summed E-state index contributed by atoms with van der Waals surface area (Å²) in [5.41, 5.74) is 1.37. The predicted octanol–water partition coefficient (Wildman–Crippen LogP) is 3.18. The molecule has 4 rings (SSSR count). The molecule has 0 fully saturated rings. The second-order valence-electron chi connectivity index (χ2n) is 5.67. The van der Waals surface area contributed by atoms with Gasteiger partial charge in [-0.2, -0.15) is 0 Å². The average molecular weight is 369 g/mol. The van der Waals surface area contributed by atoms with Crippen LogP contribution in [-0.2, 0) is 0 Å². The second-order valence-corrected chi connectivity index (χ2v) is 7.55. The zero-order valence-corrected chi connectivity index (χ0v) is 15.6. The summed E-state index contributed by atoms with van der Waals surface area (Å²) in [6.45, 7) is 0. The summed E-state index contributed by atoms with van der Waals surface area (Å²) >= 11 is 3.02. The molecule has 0 aliphatic heterocycles. The molecule has 0 atom stereocenters. The highest BCUT2D eigenvalue weighted by Gasteiger charge is 2.17. The molecule has 6 nitrogen and oxygen atoms in total. The number of hydrogen-bond acceptors (Lipinski definition) is 7. The first kappa shape index (κ1) is 16.0. The minimum absolute atomic E-state index is 0.0883. The van der Waals surface area contributed by atoms with E-state index in [-0.39, 0.29) is 5.56 Å². The number of rotatable bonds is 3. The molecule has 4 aromatic rings. The van der Waals surface area contributed by atoms with Gasteiger partial charge in [-0.15, -0.1) is 23.1 Å². The summed E-state index contributed by atoms with van der Waals surface area (Å²) in [7, 11) is 3.83. The van der Waals surface area contributed by atoms with Gasteiger partial charge < -0.3 is 4.90 Å². The summed E-state index contributed by atoms with van der Waals surface area (Å²) in [6, 6.07) is 7.85. The quantitative estimate of drug-likeness (QED) is 0.517. The third-order valence-corrected chi connectivity index (χ3v) is 5.75. The number of aromatic nitrogens is 4. The zero-order valence-electron chi connectivity index (χ0n) is 13.9. The van der Waals surface area contributed by atoms with Crippen LogP contribution in [-0.4, -0.2) is 39.9 Å². The van der Waals surface area contributed by atoms with Gasteiger partial charge in [-0.05, 0) is 30.5 Å². The van der Waals surface area contributed by atoms with Gasteiger partial charge in [0.15, 0.2) is 0 Å². The van der Waals surface area contributed by atoms with Gasteiger partial charge in [0.2, 0.25) is 0 Å². The van der Waals surface area contributed by atoms with E-state index >= 15 is 0 Å². The minimum Gasteiger partial charge on any atom is -0.362 e. The first-order chi connectivity index (χ1) is 12.1. The highest BCUT2D eigenvalue weighted by Crippen LogP contribution is 2.33. The van der Waals surface area contributed by atoms with Crippen LogP contribution in [0, 0.1) is 0 Å². The number of anilines is 1. The van der Waals surface area contributed by atoms with E-state index in [2.05, 4.69) is 15.0 Å². The predicted molar refractivity (Wildman–Crippen MR) is 104 cm³/mol. The Hall–Kier alpha value is -2.45. The number of fused-ring (bicyclic) bond motifs is 3. The van der Waals surface area contributed by atoms with Crippen molar-refractivity contribution in [2.75, 3.05) is 25.3 Å². The summed E-state index contributed by atoms with van der Waals surface area (Å²) in [4.78, 5) is 30.0. The van der Waals surface area contributed by atoms with E-state index in [1.165, 1.54) is 17.7 Å². The molecule has 25 heavy (non-hydrogen) atoms. The van der Waals surface area contributed by atoms with E-state index in [0.717, 1.165) is 26.6 Å². The highest BCUT2D eigenvalue weighted by molar-refractivity contribution is 7.98. The SMILES string of the molecule is CSc1ccc(-n2cnc3c(sc4ncnc(N(C)C)c43)c2=O)cc1. The minimum atomic E-state index is -0.0883. The van der Waals surface area contributed by atoms with Gasteiger partial charge >= 0.3 is 0 Å². The van der Waals surface area contributed by atoms with Gasteiger partial charge in [0, 0.05) is 19.0 Å². The van der Waals surface area contributed by atoms with Crippen LogP contribution in [0.15, 0.2) is 46.6 Å². The van der Waals surface area contributed by atoms with Gasteiger partial charge in [0.05, 0.1) is 11.1 Å². The molecule has 0 unspecified atom stereocenters. The maximum absolute atomic E-state index is 13.0. The van der Waals surface area contributed by atoms with Crippen LogP contribution in [0.2, 0.25) is 0 Å². The van der Waals surface area contributed by atoms with Crippen molar-refractivity contribution in [1.29, 1.82) is 0 Å². The van der Waals surface area contributed by atoms with Crippen LogP contribution < -0.4 is 10.5 Å². The molecule has 0 saturated heterocycles. The van der Waals surface area contributed by atoms with E-state index in [1.54, 1.807) is 22.7 Å². The maximum atomic E-state index is 13.0. The van der Waals surface area contributed by atoms with E-state index in [4.69, 9.17) is 0 Å². The van der Waals surface area contributed by atoms with Gasteiger partial charge in [-0.25, -0.2) is 15.0 Å². The van der Waals surface area contributed by atoms with Crippen molar-refractivity contribution in [3.8, 4) is 5.69 Å². The van der Waals surface area contributed by atoms with E-state index in [0.29, 0.717) is 10.2 Å². The first-order valence-corrected chi connectivity index (χ1v) is 9.61. The molecule has 3 aromatic heterocycles. The van der Waals surface area contributed by atoms with Crippen LogP contribution in [0.1, 0.15) is 0 Å². The number of nitrogens with zero attached hydrogens (tertiary/aromatic N) is 5. The number of benzene rings is 1. The van der Waals surface area contributed by atoms with Crippen molar-refractivity contribution in [3.63, 3.8) is 0 Å². The normalized spacial score (nSPS) is 11.3. The molecule has 126 valence electrons. The first-order valence-electron chi connectivity index (χ1n) is 7.56. The fourth-order valence-corrected chi connectivity index (χ4v) is 4.14. The molecule has 0 radical (unpaired) electrons. The molecule has 0 aliphatic carbocycles. The van der Waals surface area contributed by atoms with Gasteiger partial charge in [0.1, 0.15) is 33.5 Å². The lowest BCUT2D eigenvalue weighted by Gasteiger charge is -2.11. The molecule has 0 amide bonds. The Bertz CT molecular complexity index is 1130. The average Bonchev–Trinajstić information content (AvgIpc) is 3.02. The fourth-order valence-electron chi connectivity index (χ4n) is 2.72. The Morgan fingerprint density at radius 3 is 2.56 bits per heavy atom. The summed E-state index contributed by atoms with van der Waals surface area (Å²) in [5.74, 6) is 0.769. The summed E-state index contributed by atoms with van der Waals surface area (Å²) in [5, 5.41) is 0.828. The number of thioether (sulfide) groups is 1. The lowest BCUT2D eigenvalue weighted by Crippen LogP contribution is -2.17. The number of thiophene rings is 1. The third kappa shape index (κ3) is 2.58. The molecule has 0 bridgehead atoms. The smallest absolute Gasteiger partial charge is 0.275 e. The van der Waals surface area contributed by atoms with Crippen LogP contribution >= 0.6 is 23.1 Å². The molecule has 0 aliphatic rings. The van der Waals surface area contributed by atoms with Crippen LogP contribution in [0.5, 0.6) is 0 Å². The van der Waals surface area contributed by atoms with Gasteiger partial charge in [-0.3, -0.25) is 9.36 Å². The topological polar surface area (TPSA) is 63.9 Å². The lowest BCUT2D eigenvalue weighted by molar-refractivity contribution is 0.965. The van der Waals surface area contributed by atoms with Crippen molar-refractivity contribution in [2.24, 2.45) is 0 Å². The van der Waals surface area contributed by atoms with Crippen LogP contribution in [0.4, 0.5) is 5.82 Å². The Morgan fingerprint density at radius 2 is 1.88 bits per heavy atom. The molecule has 3 heterocycles. The molecule has 0 spiro atoms. The molecular weight excluding hydrogens is 354 g/mol. The largest absolute Gasteiger partial charge is 0.362 e. The van der Waals surface area contributed by atoms with Crippen molar-refractivity contribution in [1.82, 2.24) is 19.5 Å². The van der Waals surface area contributed by atoms with Gasteiger partial charge in [-0.1, -0.05) is 0 Å². The Kier molecular flexibility index (Phi) is 3.93. The van der Waals surface area contributed by atoms with Gasteiger partial charge in [0.25, 0.3) is 5.56 Å². The van der Waals surface area contributed by atoms with E-state index < -0.39 is 0 Å². The molecule has 0 saturated carbocycles. The Morgan fingerprint density at radius 1 is 1.12 bits per heavy atom.